The van der Waals surface area contributed by atoms with Gasteiger partial charge < -0.3 is 20.6 Å². The number of aliphatic carboxylic acids is 1. The third kappa shape index (κ3) is 6.78. The van der Waals surface area contributed by atoms with E-state index in [0.717, 1.165) is 17.5 Å². The standard InChI is InChI=1S/C23H23N3O5.Na.H/c1-26-12-11-19(27)21(22(26)30)25-23(31)24-18(14-20(28)29)17-9-7-16(8-10-17)13-15-5-3-2-4-6-15;;/h2-12,18,21H,13-14H2,1H3,(H,28,29)(H2,24,25,31);;. The van der Waals surface area contributed by atoms with Crippen LogP contribution in [0.2, 0.25) is 0 Å². The van der Waals surface area contributed by atoms with Gasteiger partial charge >= 0.3 is 41.6 Å². The van der Waals surface area contributed by atoms with Gasteiger partial charge in [0.1, 0.15) is 0 Å². The molecule has 0 saturated heterocycles. The predicted octanol–water partition coefficient (Wildman–Crippen LogP) is 1.37. The number of nitrogens with zero attached hydrogens (tertiary/aromatic N) is 1. The summed E-state index contributed by atoms with van der Waals surface area (Å²) in [5.74, 6) is -2.20. The van der Waals surface area contributed by atoms with E-state index in [4.69, 9.17) is 0 Å². The Morgan fingerprint density at radius 2 is 1.66 bits per heavy atom. The zero-order valence-corrected chi connectivity index (χ0v) is 16.9. The molecular formula is C23H24N3NaO5. The van der Waals surface area contributed by atoms with Gasteiger partial charge in [0, 0.05) is 19.3 Å². The summed E-state index contributed by atoms with van der Waals surface area (Å²) in [5.41, 5.74) is 2.80. The van der Waals surface area contributed by atoms with Crippen molar-refractivity contribution in [3.8, 4) is 0 Å². The van der Waals surface area contributed by atoms with E-state index in [9.17, 15) is 24.3 Å². The van der Waals surface area contributed by atoms with Gasteiger partial charge in [0.2, 0.25) is 0 Å². The molecule has 3 amide bonds. The fourth-order valence-corrected chi connectivity index (χ4v) is 3.27. The number of carbonyl (C=O) groups is 4. The van der Waals surface area contributed by atoms with E-state index >= 15 is 0 Å². The third-order valence-corrected chi connectivity index (χ3v) is 4.93. The fraction of sp³-hybridized carbons (Fsp3) is 0.217. The van der Waals surface area contributed by atoms with Gasteiger partial charge in [-0.2, -0.15) is 0 Å². The summed E-state index contributed by atoms with van der Waals surface area (Å²) in [4.78, 5) is 49.0. The average Bonchev–Trinajstić information content (AvgIpc) is 2.74. The molecule has 0 bridgehead atoms. The first-order chi connectivity index (χ1) is 14.8. The van der Waals surface area contributed by atoms with Crippen LogP contribution in [0, 0.1) is 0 Å². The summed E-state index contributed by atoms with van der Waals surface area (Å²) in [7, 11) is 1.47. The molecule has 0 aliphatic carbocycles. The molecule has 1 aliphatic rings. The zero-order chi connectivity index (χ0) is 22.4. The summed E-state index contributed by atoms with van der Waals surface area (Å²) in [6, 6.07) is 14.2. The van der Waals surface area contributed by atoms with Crippen molar-refractivity contribution in [2.24, 2.45) is 0 Å². The van der Waals surface area contributed by atoms with Crippen LogP contribution in [0.25, 0.3) is 0 Å². The molecule has 162 valence electrons. The number of hydrogen-bond donors (Lipinski definition) is 3. The van der Waals surface area contributed by atoms with E-state index in [2.05, 4.69) is 10.6 Å². The van der Waals surface area contributed by atoms with Crippen molar-refractivity contribution in [1.82, 2.24) is 15.5 Å². The van der Waals surface area contributed by atoms with Crippen LogP contribution in [0.3, 0.4) is 0 Å². The van der Waals surface area contributed by atoms with Crippen LogP contribution >= 0.6 is 0 Å². The molecule has 1 heterocycles. The molecule has 3 N–H and O–H groups in total. The molecule has 9 heteroatoms. The van der Waals surface area contributed by atoms with Crippen LogP contribution in [0.4, 0.5) is 4.79 Å². The Bertz CT molecular complexity index is 1010. The van der Waals surface area contributed by atoms with Gasteiger partial charge in [0.25, 0.3) is 5.91 Å². The quantitative estimate of drug-likeness (QED) is 0.440. The van der Waals surface area contributed by atoms with E-state index in [0.29, 0.717) is 5.56 Å². The molecule has 2 aromatic rings. The van der Waals surface area contributed by atoms with Crippen LogP contribution in [0.1, 0.15) is 29.2 Å². The van der Waals surface area contributed by atoms with Gasteiger partial charge in [-0.3, -0.25) is 14.4 Å². The molecule has 0 aromatic heterocycles. The Balaban J connectivity index is 0.00000363. The summed E-state index contributed by atoms with van der Waals surface area (Å²) in [6.45, 7) is 0. The molecule has 0 spiro atoms. The van der Waals surface area contributed by atoms with Gasteiger partial charge in [-0.05, 0) is 23.1 Å². The number of ketones is 1. The van der Waals surface area contributed by atoms with Crippen molar-refractivity contribution in [3.05, 3.63) is 83.6 Å². The van der Waals surface area contributed by atoms with Crippen molar-refractivity contribution in [1.29, 1.82) is 0 Å². The first-order valence-corrected chi connectivity index (χ1v) is 9.74. The van der Waals surface area contributed by atoms with Crippen molar-refractivity contribution in [2.45, 2.75) is 24.9 Å². The topological polar surface area (TPSA) is 116 Å². The van der Waals surface area contributed by atoms with Crippen molar-refractivity contribution in [2.75, 3.05) is 7.05 Å². The normalized spacial score (nSPS) is 16.2. The first kappa shape index (κ1) is 25.3. The summed E-state index contributed by atoms with van der Waals surface area (Å²) < 4.78 is 0. The molecule has 0 fully saturated rings. The number of benzene rings is 2. The van der Waals surface area contributed by atoms with E-state index in [1.165, 1.54) is 24.2 Å². The van der Waals surface area contributed by atoms with Crippen LogP contribution in [-0.4, -0.2) is 76.3 Å². The second-order valence-electron chi connectivity index (χ2n) is 7.27. The Kier molecular flexibility index (Phi) is 9.19. The van der Waals surface area contributed by atoms with Gasteiger partial charge in [0.15, 0.2) is 11.8 Å². The fourth-order valence-electron chi connectivity index (χ4n) is 3.27. The summed E-state index contributed by atoms with van der Waals surface area (Å²) in [6.07, 6.45) is 2.90. The van der Waals surface area contributed by atoms with Crippen LogP contribution in [0.5, 0.6) is 0 Å². The summed E-state index contributed by atoms with van der Waals surface area (Å²) >= 11 is 0. The van der Waals surface area contributed by atoms with E-state index in [1.807, 2.05) is 42.5 Å². The second-order valence-corrected chi connectivity index (χ2v) is 7.27. The molecule has 3 rings (SSSR count). The average molecular weight is 445 g/mol. The van der Waals surface area contributed by atoms with E-state index < -0.39 is 35.8 Å². The van der Waals surface area contributed by atoms with Crippen molar-refractivity contribution >= 4 is 53.2 Å². The Morgan fingerprint density at radius 3 is 2.28 bits per heavy atom. The van der Waals surface area contributed by atoms with Crippen LogP contribution in [-0.2, 0) is 20.8 Å². The minimum atomic E-state index is -1.34. The van der Waals surface area contributed by atoms with E-state index in [1.54, 1.807) is 12.1 Å². The monoisotopic (exact) mass is 445 g/mol. The summed E-state index contributed by atoms with van der Waals surface area (Å²) in [5, 5.41) is 14.1. The Morgan fingerprint density at radius 1 is 1.03 bits per heavy atom. The maximum atomic E-state index is 12.4. The van der Waals surface area contributed by atoms with Gasteiger partial charge in [-0.15, -0.1) is 0 Å². The number of amides is 3. The number of rotatable bonds is 7. The Hall–Kier alpha value is -2.94. The minimum absolute atomic E-state index is 0. The molecule has 2 unspecified atom stereocenters. The number of hydrogen-bond acceptors (Lipinski definition) is 4. The number of carboxylic acid groups (broad SMARTS) is 1. The molecule has 2 atom stereocenters. The third-order valence-electron chi connectivity index (χ3n) is 4.93. The predicted molar refractivity (Wildman–Crippen MR) is 120 cm³/mol. The SMILES string of the molecule is CN1C=CC(=O)C(NC(=O)NC(CC(=O)O)c2ccc(Cc3ccccc3)cc2)C1=O.[NaH]. The number of carbonyl (C=O) groups excluding carboxylic acids is 3. The van der Waals surface area contributed by atoms with Crippen LogP contribution in [0.15, 0.2) is 66.9 Å². The molecule has 0 radical (unpaired) electrons. The Labute approximate surface area is 208 Å². The molecule has 32 heavy (non-hydrogen) atoms. The molecule has 2 aromatic carbocycles. The molecule has 1 aliphatic heterocycles. The number of carboxylic acids is 1. The molecule has 8 nitrogen and oxygen atoms in total. The van der Waals surface area contributed by atoms with Gasteiger partial charge in [-0.25, -0.2) is 4.79 Å². The molecule has 0 saturated carbocycles. The van der Waals surface area contributed by atoms with E-state index in [-0.39, 0.29) is 36.0 Å². The van der Waals surface area contributed by atoms with Gasteiger partial charge in [0.05, 0.1) is 12.5 Å². The van der Waals surface area contributed by atoms with Crippen molar-refractivity contribution in [3.63, 3.8) is 0 Å². The number of nitrogens with one attached hydrogen (secondary N) is 2. The number of urea groups is 1. The maximum absolute atomic E-state index is 12.4. The van der Waals surface area contributed by atoms with Crippen molar-refractivity contribution < 1.29 is 24.3 Å². The molecular weight excluding hydrogens is 421 g/mol. The zero-order valence-electron chi connectivity index (χ0n) is 16.9. The number of likely N-dealkylation sites (N-methyl/N-ethyl adjacent to an activating group) is 1. The first-order valence-electron chi connectivity index (χ1n) is 9.74. The second kappa shape index (κ2) is 11.6. The van der Waals surface area contributed by atoms with Gasteiger partial charge in [-0.1, -0.05) is 54.6 Å². The van der Waals surface area contributed by atoms with Crippen LogP contribution < -0.4 is 10.6 Å².